The third-order valence-electron chi connectivity index (χ3n) is 4.24. The Labute approximate surface area is 158 Å². The number of alkyl halides is 3. The van der Waals surface area contributed by atoms with E-state index in [9.17, 15) is 22.8 Å². The Morgan fingerprint density at radius 2 is 1.93 bits per heavy atom. The van der Waals surface area contributed by atoms with E-state index in [1.54, 1.807) is 19.3 Å². The number of carbonyl (C=O) groups excluding carboxylic acids is 1. The Hall–Kier alpha value is -3.23. The molecular formula is C19H17F3N4O2. The maximum atomic E-state index is 12.7. The maximum absolute atomic E-state index is 12.7. The standard InChI is InChI=1S/C19H17F3N4O2/c1-11-9-23-26(10-11)18-24-15(8-17(28)25-18)16(27)7-12(2)13-3-5-14(6-4-13)19(20,21)22/h3-6,8-10,12H,7H2,1-2H3,(H,24,25,28)/t12-/m0/s1. The first kappa shape index (κ1) is 19.5. The number of ketones is 1. The van der Waals surface area contributed by atoms with Crippen molar-refractivity contribution in [1.29, 1.82) is 0 Å². The fourth-order valence-corrected chi connectivity index (χ4v) is 2.73. The van der Waals surface area contributed by atoms with Crippen LogP contribution in [-0.2, 0) is 6.18 Å². The summed E-state index contributed by atoms with van der Waals surface area (Å²) in [5, 5.41) is 4.04. The lowest BCUT2D eigenvalue weighted by molar-refractivity contribution is -0.137. The molecule has 0 radical (unpaired) electrons. The summed E-state index contributed by atoms with van der Waals surface area (Å²) in [6.07, 6.45) is -1.17. The topological polar surface area (TPSA) is 80.6 Å². The summed E-state index contributed by atoms with van der Waals surface area (Å²) in [5.41, 5.74) is 0.184. The monoisotopic (exact) mass is 390 g/mol. The van der Waals surface area contributed by atoms with Crippen molar-refractivity contribution in [3.63, 3.8) is 0 Å². The van der Waals surface area contributed by atoms with Crippen molar-refractivity contribution < 1.29 is 18.0 Å². The van der Waals surface area contributed by atoms with Gasteiger partial charge in [0.1, 0.15) is 5.69 Å². The number of aromatic nitrogens is 4. The minimum Gasteiger partial charge on any atom is -0.292 e. The summed E-state index contributed by atoms with van der Waals surface area (Å²) in [6.45, 7) is 3.55. The SMILES string of the molecule is Cc1cnn(-c2nc(C(=O)C[C@H](C)c3ccc(C(F)(F)F)cc3)cc(=O)[nH]2)c1. The minimum atomic E-state index is -4.41. The van der Waals surface area contributed by atoms with Gasteiger partial charge in [-0.3, -0.25) is 14.6 Å². The number of carbonyl (C=O) groups is 1. The predicted molar refractivity (Wildman–Crippen MR) is 95.5 cm³/mol. The molecule has 6 nitrogen and oxygen atoms in total. The number of nitrogens with one attached hydrogen (secondary N) is 1. The van der Waals surface area contributed by atoms with E-state index in [-0.39, 0.29) is 29.8 Å². The van der Waals surface area contributed by atoms with E-state index in [1.165, 1.54) is 16.8 Å². The van der Waals surface area contributed by atoms with Crippen LogP contribution in [0.3, 0.4) is 0 Å². The molecule has 0 spiro atoms. The van der Waals surface area contributed by atoms with Crippen LogP contribution >= 0.6 is 0 Å². The quantitative estimate of drug-likeness (QED) is 0.674. The molecule has 0 aliphatic rings. The van der Waals surface area contributed by atoms with Crippen molar-refractivity contribution in [2.75, 3.05) is 0 Å². The van der Waals surface area contributed by atoms with Gasteiger partial charge in [0.25, 0.3) is 5.56 Å². The van der Waals surface area contributed by atoms with E-state index in [2.05, 4.69) is 15.1 Å². The highest BCUT2D eigenvalue weighted by Crippen LogP contribution is 2.30. The number of Topliss-reactive ketones (excluding diaryl/α,β-unsaturated/α-hetero) is 1. The van der Waals surface area contributed by atoms with Gasteiger partial charge in [0.05, 0.1) is 11.8 Å². The van der Waals surface area contributed by atoms with Gasteiger partial charge in [0.15, 0.2) is 5.78 Å². The van der Waals surface area contributed by atoms with E-state index < -0.39 is 17.3 Å². The van der Waals surface area contributed by atoms with Gasteiger partial charge >= 0.3 is 6.18 Å². The number of nitrogens with zero attached hydrogens (tertiary/aromatic N) is 3. The first-order valence-electron chi connectivity index (χ1n) is 8.47. The molecule has 1 atom stereocenters. The normalized spacial score (nSPS) is 12.8. The molecule has 0 amide bonds. The molecule has 0 aliphatic heterocycles. The highest BCUT2D eigenvalue weighted by atomic mass is 19.4. The number of hydrogen-bond donors (Lipinski definition) is 1. The number of aryl methyl sites for hydroxylation is 1. The number of halogens is 3. The molecule has 1 N–H and O–H groups in total. The van der Waals surface area contributed by atoms with E-state index in [0.717, 1.165) is 23.8 Å². The Balaban J connectivity index is 1.79. The lowest BCUT2D eigenvalue weighted by Gasteiger charge is -2.13. The van der Waals surface area contributed by atoms with E-state index >= 15 is 0 Å². The number of rotatable bonds is 5. The molecule has 146 valence electrons. The summed E-state index contributed by atoms with van der Waals surface area (Å²) in [5.74, 6) is -0.610. The van der Waals surface area contributed by atoms with Crippen molar-refractivity contribution >= 4 is 5.78 Å². The first-order chi connectivity index (χ1) is 13.1. The van der Waals surface area contributed by atoms with Crippen LogP contribution in [0.15, 0.2) is 47.5 Å². The molecule has 0 saturated heterocycles. The first-order valence-corrected chi connectivity index (χ1v) is 8.47. The molecule has 0 fully saturated rings. The molecule has 28 heavy (non-hydrogen) atoms. The fraction of sp³-hybridized carbons (Fsp3) is 0.263. The van der Waals surface area contributed by atoms with Gasteiger partial charge in [0, 0.05) is 18.7 Å². The van der Waals surface area contributed by atoms with Crippen molar-refractivity contribution in [2.24, 2.45) is 0 Å². The molecule has 0 aliphatic carbocycles. The highest BCUT2D eigenvalue weighted by Gasteiger charge is 2.30. The molecular weight excluding hydrogens is 373 g/mol. The number of hydrogen-bond acceptors (Lipinski definition) is 4. The van der Waals surface area contributed by atoms with E-state index in [4.69, 9.17) is 0 Å². The van der Waals surface area contributed by atoms with Crippen LogP contribution in [0.25, 0.3) is 5.95 Å². The number of benzene rings is 1. The zero-order valence-electron chi connectivity index (χ0n) is 15.1. The molecule has 3 aromatic rings. The average Bonchev–Trinajstić information content (AvgIpc) is 3.07. The van der Waals surface area contributed by atoms with Crippen LogP contribution in [0.5, 0.6) is 0 Å². The second-order valence-corrected chi connectivity index (χ2v) is 6.56. The lowest BCUT2D eigenvalue weighted by Crippen LogP contribution is -2.18. The smallest absolute Gasteiger partial charge is 0.292 e. The molecule has 2 aromatic heterocycles. The van der Waals surface area contributed by atoms with Crippen LogP contribution in [0.1, 0.15) is 46.4 Å². The van der Waals surface area contributed by atoms with Crippen LogP contribution in [0.4, 0.5) is 13.2 Å². The van der Waals surface area contributed by atoms with Crippen LogP contribution in [-0.4, -0.2) is 25.5 Å². The summed E-state index contributed by atoms with van der Waals surface area (Å²) in [4.78, 5) is 31.1. The Kier molecular flexibility index (Phi) is 5.17. The van der Waals surface area contributed by atoms with Crippen molar-refractivity contribution in [1.82, 2.24) is 19.7 Å². The van der Waals surface area contributed by atoms with Gasteiger partial charge in [0.2, 0.25) is 5.95 Å². The van der Waals surface area contributed by atoms with Crippen LogP contribution in [0.2, 0.25) is 0 Å². The molecule has 0 bridgehead atoms. The van der Waals surface area contributed by atoms with Gasteiger partial charge in [-0.05, 0) is 36.1 Å². The number of aromatic amines is 1. The van der Waals surface area contributed by atoms with Crippen LogP contribution in [0, 0.1) is 6.92 Å². The second-order valence-electron chi connectivity index (χ2n) is 6.56. The Morgan fingerprint density at radius 3 is 2.50 bits per heavy atom. The summed E-state index contributed by atoms with van der Waals surface area (Å²) >= 11 is 0. The van der Waals surface area contributed by atoms with Gasteiger partial charge in [-0.15, -0.1) is 0 Å². The third kappa shape index (κ3) is 4.36. The van der Waals surface area contributed by atoms with Crippen molar-refractivity contribution in [3.05, 3.63) is 75.5 Å². The molecule has 0 unspecified atom stereocenters. The third-order valence-corrected chi connectivity index (χ3v) is 4.24. The largest absolute Gasteiger partial charge is 0.416 e. The van der Waals surface area contributed by atoms with Crippen molar-refractivity contribution in [3.8, 4) is 5.95 Å². The number of H-pyrrole nitrogens is 1. The average molecular weight is 390 g/mol. The van der Waals surface area contributed by atoms with Crippen LogP contribution < -0.4 is 5.56 Å². The predicted octanol–water partition coefficient (Wildman–Crippen LogP) is 3.66. The highest BCUT2D eigenvalue weighted by molar-refractivity contribution is 5.94. The van der Waals surface area contributed by atoms with E-state index in [0.29, 0.717) is 5.56 Å². The summed E-state index contributed by atoms with van der Waals surface area (Å²) in [7, 11) is 0. The van der Waals surface area contributed by atoms with Gasteiger partial charge in [-0.1, -0.05) is 19.1 Å². The maximum Gasteiger partial charge on any atom is 0.416 e. The van der Waals surface area contributed by atoms with Gasteiger partial charge < -0.3 is 0 Å². The molecule has 0 saturated carbocycles. The molecule has 3 rings (SSSR count). The minimum absolute atomic E-state index is 0.000602. The van der Waals surface area contributed by atoms with Gasteiger partial charge in [-0.2, -0.15) is 18.3 Å². The lowest BCUT2D eigenvalue weighted by atomic mass is 9.94. The summed E-state index contributed by atoms with van der Waals surface area (Å²) < 4.78 is 39.4. The molecule has 9 heteroatoms. The Bertz CT molecular complexity index is 1050. The zero-order valence-corrected chi connectivity index (χ0v) is 15.1. The van der Waals surface area contributed by atoms with Crippen molar-refractivity contribution in [2.45, 2.75) is 32.4 Å². The molecule has 2 heterocycles. The molecule has 1 aromatic carbocycles. The second kappa shape index (κ2) is 7.41. The van der Waals surface area contributed by atoms with Gasteiger partial charge in [-0.25, -0.2) is 9.67 Å². The summed E-state index contributed by atoms with van der Waals surface area (Å²) in [6, 6.07) is 5.77. The zero-order chi connectivity index (χ0) is 20.5. The fourth-order valence-electron chi connectivity index (χ4n) is 2.73. The Morgan fingerprint density at radius 1 is 1.25 bits per heavy atom. The van der Waals surface area contributed by atoms with E-state index in [1.807, 2.05) is 6.92 Å².